The second-order valence-corrected chi connectivity index (χ2v) is 6.76. The molecule has 1 aliphatic carbocycles. The molecule has 4 N–H and O–H groups in total. The Morgan fingerprint density at radius 2 is 1.70 bits per heavy atom. The lowest BCUT2D eigenvalue weighted by Gasteiger charge is -2.25. The molecule has 3 rings (SSSR count). The summed E-state index contributed by atoms with van der Waals surface area (Å²) in [6.07, 6.45) is 6.04. The van der Waals surface area contributed by atoms with Gasteiger partial charge in [0, 0.05) is 17.4 Å². The van der Waals surface area contributed by atoms with Crippen molar-refractivity contribution < 1.29 is 14.3 Å². The highest BCUT2D eigenvalue weighted by atomic mass is 16.5. The Morgan fingerprint density at radius 3 is 2.41 bits per heavy atom. The van der Waals surface area contributed by atoms with Crippen LogP contribution in [0.25, 0.3) is 0 Å². The number of nitrogens with one attached hydrogen (secondary N) is 2. The number of carbonyl (C=O) groups is 2. The second-order valence-electron chi connectivity index (χ2n) is 6.76. The fourth-order valence-corrected chi connectivity index (χ4v) is 3.26. The van der Waals surface area contributed by atoms with Gasteiger partial charge < -0.3 is 21.1 Å². The van der Waals surface area contributed by atoms with E-state index in [0.29, 0.717) is 23.0 Å². The van der Waals surface area contributed by atoms with Crippen LogP contribution in [0.1, 0.15) is 42.5 Å². The minimum absolute atomic E-state index is 0.167. The van der Waals surface area contributed by atoms with Gasteiger partial charge in [-0.05, 0) is 49.2 Å². The monoisotopic (exact) mass is 367 g/mol. The minimum atomic E-state index is -0.533. The number of hydrogen-bond donors (Lipinski definition) is 3. The number of hydrogen-bond acceptors (Lipinski definition) is 4. The number of para-hydroxylation sites is 1. The van der Waals surface area contributed by atoms with Gasteiger partial charge in [0.05, 0.1) is 5.56 Å². The maximum Gasteiger partial charge on any atom is 0.257 e. The van der Waals surface area contributed by atoms with Gasteiger partial charge in [0.2, 0.25) is 0 Å². The topological polar surface area (TPSA) is 93.5 Å². The molecule has 27 heavy (non-hydrogen) atoms. The number of primary amides is 1. The predicted octanol–water partition coefficient (Wildman–Crippen LogP) is 3.55. The molecular formula is C21H25N3O3. The fraction of sp³-hybridized carbons (Fsp3) is 0.333. The van der Waals surface area contributed by atoms with E-state index in [-0.39, 0.29) is 12.5 Å². The lowest BCUT2D eigenvalue weighted by molar-refractivity contribution is -0.119. The van der Waals surface area contributed by atoms with Gasteiger partial charge in [-0.15, -0.1) is 0 Å². The maximum atomic E-state index is 12.7. The van der Waals surface area contributed by atoms with E-state index in [9.17, 15) is 9.59 Å². The van der Waals surface area contributed by atoms with Crippen molar-refractivity contribution in [3.05, 3.63) is 54.1 Å². The van der Waals surface area contributed by atoms with Crippen LogP contribution in [-0.2, 0) is 4.79 Å². The molecule has 2 aromatic rings. The molecule has 0 heterocycles. The molecule has 1 aliphatic rings. The molecular weight excluding hydrogens is 342 g/mol. The van der Waals surface area contributed by atoms with E-state index >= 15 is 0 Å². The van der Waals surface area contributed by atoms with Crippen molar-refractivity contribution >= 4 is 23.2 Å². The van der Waals surface area contributed by atoms with Crippen molar-refractivity contribution in [1.82, 2.24) is 0 Å². The third-order valence-electron chi connectivity index (χ3n) is 4.63. The Labute approximate surface area is 159 Å². The molecule has 142 valence electrons. The summed E-state index contributed by atoms with van der Waals surface area (Å²) in [7, 11) is 0. The summed E-state index contributed by atoms with van der Waals surface area (Å²) in [5, 5.41) is 6.43. The van der Waals surface area contributed by atoms with Crippen LogP contribution >= 0.6 is 0 Å². The van der Waals surface area contributed by atoms with E-state index < -0.39 is 5.91 Å². The van der Waals surface area contributed by atoms with Crippen LogP contribution in [0.4, 0.5) is 11.4 Å². The Kier molecular flexibility index (Phi) is 6.30. The van der Waals surface area contributed by atoms with E-state index in [1.165, 1.54) is 19.3 Å². The molecule has 6 nitrogen and oxygen atoms in total. The van der Waals surface area contributed by atoms with Crippen LogP contribution in [0.15, 0.2) is 48.5 Å². The molecule has 1 fully saturated rings. The predicted molar refractivity (Wildman–Crippen MR) is 106 cm³/mol. The Hall–Kier alpha value is -3.02. The van der Waals surface area contributed by atoms with Crippen LogP contribution in [0.3, 0.4) is 0 Å². The molecule has 0 saturated heterocycles. The normalized spacial score (nSPS) is 14.4. The van der Waals surface area contributed by atoms with Gasteiger partial charge in [-0.25, -0.2) is 0 Å². The van der Waals surface area contributed by atoms with Crippen LogP contribution in [0.2, 0.25) is 0 Å². The molecule has 0 atom stereocenters. The lowest BCUT2D eigenvalue weighted by atomic mass is 9.95. The largest absolute Gasteiger partial charge is 0.484 e. The molecule has 6 heteroatoms. The van der Waals surface area contributed by atoms with E-state index in [1.807, 2.05) is 24.3 Å². The molecule has 0 unspecified atom stereocenters. The smallest absolute Gasteiger partial charge is 0.257 e. The summed E-state index contributed by atoms with van der Waals surface area (Å²) in [6.45, 7) is -0.175. The zero-order valence-electron chi connectivity index (χ0n) is 15.2. The Bertz CT molecular complexity index is 784. The first-order chi connectivity index (χ1) is 13.1. The average Bonchev–Trinajstić information content (AvgIpc) is 2.68. The van der Waals surface area contributed by atoms with Gasteiger partial charge in [-0.2, -0.15) is 0 Å². The number of carbonyl (C=O) groups excluding carboxylic acids is 2. The van der Waals surface area contributed by atoms with Crippen molar-refractivity contribution in [2.75, 3.05) is 17.2 Å². The van der Waals surface area contributed by atoms with Crippen LogP contribution in [0.5, 0.6) is 5.75 Å². The molecule has 0 aliphatic heterocycles. The van der Waals surface area contributed by atoms with Gasteiger partial charge in [-0.1, -0.05) is 31.4 Å². The van der Waals surface area contributed by atoms with Gasteiger partial charge in [0.15, 0.2) is 6.61 Å². The van der Waals surface area contributed by atoms with Gasteiger partial charge in [-0.3, -0.25) is 9.59 Å². The number of ether oxygens (including phenoxy) is 1. The van der Waals surface area contributed by atoms with E-state index in [0.717, 1.165) is 18.5 Å². The molecule has 0 spiro atoms. The fourth-order valence-electron chi connectivity index (χ4n) is 3.26. The number of rotatable bonds is 7. The number of nitrogens with two attached hydrogens (primary N) is 1. The molecule has 0 aromatic heterocycles. The average molecular weight is 367 g/mol. The van der Waals surface area contributed by atoms with Crippen LogP contribution < -0.4 is 21.1 Å². The summed E-state index contributed by atoms with van der Waals surface area (Å²) in [5.41, 5.74) is 7.19. The highest BCUT2D eigenvalue weighted by Gasteiger charge is 2.17. The molecule has 2 amide bonds. The Morgan fingerprint density at radius 1 is 1.00 bits per heavy atom. The van der Waals surface area contributed by atoms with Gasteiger partial charge in [0.1, 0.15) is 5.75 Å². The second kappa shape index (κ2) is 9.07. The summed E-state index contributed by atoms with van der Waals surface area (Å²) < 4.78 is 5.22. The Balaban J connectivity index is 1.64. The maximum absolute atomic E-state index is 12.7. The third kappa shape index (κ3) is 5.48. The van der Waals surface area contributed by atoms with E-state index in [1.54, 1.807) is 24.3 Å². The van der Waals surface area contributed by atoms with Crippen molar-refractivity contribution in [2.24, 2.45) is 5.73 Å². The first-order valence-electron chi connectivity index (χ1n) is 9.30. The number of amides is 2. The van der Waals surface area contributed by atoms with E-state index in [2.05, 4.69) is 10.6 Å². The van der Waals surface area contributed by atoms with Crippen LogP contribution in [0, 0.1) is 0 Å². The highest BCUT2D eigenvalue weighted by Crippen LogP contribution is 2.25. The van der Waals surface area contributed by atoms with Crippen LogP contribution in [-0.4, -0.2) is 24.5 Å². The summed E-state index contributed by atoms with van der Waals surface area (Å²) in [4.78, 5) is 23.5. The third-order valence-corrected chi connectivity index (χ3v) is 4.63. The first-order valence-corrected chi connectivity index (χ1v) is 9.30. The standard InChI is InChI=1S/C21H25N3O3/c22-20(25)14-27-17-12-10-16(11-13-17)24-21(26)18-8-4-5-9-19(18)23-15-6-2-1-3-7-15/h4-5,8-13,15,23H,1-3,6-7,14H2,(H2,22,25)(H,24,26). The highest BCUT2D eigenvalue weighted by molar-refractivity contribution is 6.08. The molecule has 0 radical (unpaired) electrons. The van der Waals surface area contributed by atoms with Crippen molar-refractivity contribution in [3.8, 4) is 5.75 Å². The summed E-state index contributed by atoms with van der Waals surface area (Å²) in [6, 6.07) is 14.8. The quantitative estimate of drug-likeness (QED) is 0.698. The molecule has 2 aromatic carbocycles. The van der Waals surface area contributed by atoms with Crippen molar-refractivity contribution in [3.63, 3.8) is 0 Å². The minimum Gasteiger partial charge on any atom is -0.484 e. The zero-order valence-corrected chi connectivity index (χ0v) is 15.2. The lowest BCUT2D eigenvalue weighted by Crippen LogP contribution is -2.24. The SMILES string of the molecule is NC(=O)COc1ccc(NC(=O)c2ccccc2NC2CCCCC2)cc1. The van der Waals surface area contributed by atoms with E-state index in [4.69, 9.17) is 10.5 Å². The summed E-state index contributed by atoms with van der Waals surface area (Å²) >= 11 is 0. The number of anilines is 2. The number of benzene rings is 2. The van der Waals surface area contributed by atoms with Gasteiger partial charge in [0.25, 0.3) is 11.8 Å². The van der Waals surface area contributed by atoms with Crippen molar-refractivity contribution in [1.29, 1.82) is 0 Å². The van der Waals surface area contributed by atoms with Crippen molar-refractivity contribution in [2.45, 2.75) is 38.1 Å². The zero-order chi connectivity index (χ0) is 19.1. The summed E-state index contributed by atoms with van der Waals surface area (Å²) in [5.74, 6) is -0.180. The molecule has 0 bridgehead atoms. The van der Waals surface area contributed by atoms with Gasteiger partial charge >= 0.3 is 0 Å². The molecule has 1 saturated carbocycles. The first kappa shape index (κ1) is 18.8.